The van der Waals surface area contributed by atoms with Gasteiger partial charge in [0.2, 0.25) is 0 Å². The molecule has 1 fully saturated rings. The summed E-state index contributed by atoms with van der Waals surface area (Å²) in [4.78, 5) is 13.7. The Morgan fingerprint density at radius 1 is 1.30 bits per heavy atom. The second-order valence-corrected chi connectivity index (χ2v) is 5.90. The number of rotatable bonds is 2. The molecule has 0 aliphatic heterocycles. The van der Waals surface area contributed by atoms with Gasteiger partial charge in [-0.1, -0.05) is 36.0 Å². The summed E-state index contributed by atoms with van der Waals surface area (Å²) in [6.07, 6.45) is 3.17. The Labute approximate surface area is 128 Å². The zero-order chi connectivity index (χ0) is 14.7. The summed E-state index contributed by atoms with van der Waals surface area (Å²) in [5, 5.41) is 13.6. The summed E-state index contributed by atoms with van der Waals surface area (Å²) < 4.78 is 0. The van der Waals surface area contributed by atoms with Gasteiger partial charge in [-0.05, 0) is 31.0 Å². The highest BCUT2D eigenvalue weighted by molar-refractivity contribution is 6.42. The van der Waals surface area contributed by atoms with Gasteiger partial charge in [0.1, 0.15) is 0 Å². The van der Waals surface area contributed by atoms with Crippen molar-refractivity contribution in [3.05, 3.63) is 28.2 Å². The van der Waals surface area contributed by atoms with Crippen LogP contribution in [0, 0.1) is 0 Å². The van der Waals surface area contributed by atoms with Gasteiger partial charge in [-0.25, -0.2) is 4.79 Å². The van der Waals surface area contributed by atoms with Crippen LogP contribution in [-0.4, -0.2) is 35.2 Å². The van der Waals surface area contributed by atoms with E-state index in [1.807, 2.05) is 0 Å². The summed E-state index contributed by atoms with van der Waals surface area (Å²) >= 11 is 11.7. The predicted octanol–water partition coefficient (Wildman–Crippen LogP) is 3.76. The molecule has 1 saturated carbocycles. The first-order chi connectivity index (χ1) is 9.49. The fourth-order valence-electron chi connectivity index (χ4n) is 2.48. The van der Waals surface area contributed by atoms with E-state index in [1.165, 1.54) is 0 Å². The number of hydrogen-bond donors (Lipinski definition) is 2. The molecule has 2 N–H and O–H groups in total. The number of anilines is 1. The molecule has 0 spiro atoms. The highest BCUT2D eigenvalue weighted by atomic mass is 35.5. The molecule has 0 bridgehead atoms. The number of urea groups is 1. The minimum absolute atomic E-state index is 0.133. The van der Waals surface area contributed by atoms with E-state index in [0.29, 0.717) is 15.7 Å². The van der Waals surface area contributed by atoms with Crippen LogP contribution in [0.1, 0.15) is 25.7 Å². The van der Waals surface area contributed by atoms with Gasteiger partial charge in [-0.2, -0.15) is 0 Å². The van der Waals surface area contributed by atoms with E-state index in [-0.39, 0.29) is 12.1 Å². The van der Waals surface area contributed by atoms with Crippen molar-refractivity contribution in [1.29, 1.82) is 0 Å². The number of nitrogens with zero attached hydrogens (tertiary/aromatic N) is 1. The average Bonchev–Trinajstić information content (AvgIpc) is 2.42. The van der Waals surface area contributed by atoms with E-state index in [0.717, 1.165) is 25.7 Å². The summed E-state index contributed by atoms with van der Waals surface area (Å²) in [6, 6.07) is 4.54. The van der Waals surface area contributed by atoms with Gasteiger partial charge in [-0.3, -0.25) is 0 Å². The van der Waals surface area contributed by atoms with Crippen molar-refractivity contribution < 1.29 is 9.90 Å². The van der Waals surface area contributed by atoms with Crippen LogP contribution in [0.2, 0.25) is 10.0 Å². The van der Waals surface area contributed by atoms with Crippen LogP contribution in [0.15, 0.2) is 18.2 Å². The molecule has 0 aromatic heterocycles. The number of benzene rings is 1. The van der Waals surface area contributed by atoms with Gasteiger partial charge in [0, 0.05) is 12.7 Å². The Morgan fingerprint density at radius 3 is 2.65 bits per heavy atom. The summed E-state index contributed by atoms with van der Waals surface area (Å²) in [7, 11) is 1.70. The third-order valence-corrected chi connectivity index (χ3v) is 4.42. The van der Waals surface area contributed by atoms with E-state index in [2.05, 4.69) is 5.32 Å². The van der Waals surface area contributed by atoms with Crippen LogP contribution in [0.3, 0.4) is 0 Å². The summed E-state index contributed by atoms with van der Waals surface area (Å²) in [6.45, 7) is 0. The average molecular weight is 317 g/mol. The molecule has 2 amide bonds. The first kappa shape index (κ1) is 15.4. The normalized spacial score (nSPS) is 22.4. The molecule has 2 unspecified atom stereocenters. The molecule has 1 aromatic carbocycles. The molecule has 2 rings (SSSR count). The van der Waals surface area contributed by atoms with Gasteiger partial charge < -0.3 is 15.3 Å². The van der Waals surface area contributed by atoms with E-state index in [9.17, 15) is 9.90 Å². The minimum Gasteiger partial charge on any atom is -0.391 e. The maximum atomic E-state index is 12.2. The number of aliphatic hydroxyl groups is 1. The Bertz CT molecular complexity index is 496. The van der Waals surface area contributed by atoms with Crippen LogP contribution in [0.4, 0.5) is 10.5 Å². The molecule has 2 atom stereocenters. The lowest BCUT2D eigenvalue weighted by Crippen LogP contribution is -2.47. The van der Waals surface area contributed by atoms with Gasteiger partial charge in [0.15, 0.2) is 0 Å². The first-order valence-electron chi connectivity index (χ1n) is 6.66. The van der Waals surface area contributed by atoms with E-state index < -0.39 is 6.10 Å². The summed E-state index contributed by atoms with van der Waals surface area (Å²) in [5.41, 5.74) is 0.585. The molecule has 110 valence electrons. The number of halogens is 2. The van der Waals surface area contributed by atoms with Crippen molar-refractivity contribution in [2.24, 2.45) is 0 Å². The zero-order valence-corrected chi connectivity index (χ0v) is 12.8. The number of aliphatic hydroxyl groups excluding tert-OH is 1. The quantitative estimate of drug-likeness (QED) is 0.872. The molecule has 0 heterocycles. The van der Waals surface area contributed by atoms with Crippen LogP contribution >= 0.6 is 23.2 Å². The van der Waals surface area contributed by atoms with Crippen molar-refractivity contribution >= 4 is 34.9 Å². The fourth-order valence-corrected chi connectivity index (χ4v) is 2.78. The number of likely N-dealkylation sites (N-methyl/N-ethyl adjacent to an activating group) is 1. The zero-order valence-electron chi connectivity index (χ0n) is 11.3. The van der Waals surface area contributed by atoms with E-state index in [4.69, 9.17) is 23.2 Å². The van der Waals surface area contributed by atoms with Crippen LogP contribution < -0.4 is 5.32 Å². The number of nitrogens with one attached hydrogen (secondary N) is 1. The van der Waals surface area contributed by atoms with Crippen molar-refractivity contribution in [3.8, 4) is 0 Å². The largest absolute Gasteiger partial charge is 0.391 e. The second kappa shape index (κ2) is 6.66. The van der Waals surface area contributed by atoms with Gasteiger partial charge in [-0.15, -0.1) is 0 Å². The number of amides is 2. The highest BCUT2D eigenvalue weighted by Crippen LogP contribution is 2.26. The molecule has 0 saturated heterocycles. The van der Waals surface area contributed by atoms with Crippen LogP contribution in [0.5, 0.6) is 0 Å². The van der Waals surface area contributed by atoms with Gasteiger partial charge >= 0.3 is 6.03 Å². The third kappa shape index (κ3) is 3.57. The molecule has 1 aliphatic rings. The van der Waals surface area contributed by atoms with Crippen molar-refractivity contribution in [3.63, 3.8) is 0 Å². The monoisotopic (exact) mass is 316 g/mol. The second-order valence-electron chi connectivity index (χ2n) is 5.09. The third-order valence-electron chi connectivity index (χ3n) is 3.68. The molecule has 1 aliphatic carbocycles. The number of carbonyl (C=O) groups excluding carboxylic acids is 1. The lowest BCUT2D eigenvalue weighted by molar-refractivity contribution is 0.0494. The first-order valence-corrected chi connectivity index (χ1v) is 7.41. The molecule has 6 heteroatoms. The minimum atomic E-state index is -0.451. The van der Waals surface area contributed by atoms with Crippen LogP contribution in [-0.2, 0) is 0 Å². The Kier molecular flexibility index (Phi) is 5.13. The predicted molar refractivity (Wildman–Crippen MR) is 81.5 cm³/mol. The van der Waals surface area contributed by atoms with E-state index >= 15 is 0 Å². The summed E-state index contributed by atoms with van der Waals surface area (Å²) in [5.74, 6) is 0. The molecule has 4 nitrogen and oxygen atoms in total. The Hall–Kier alpha value is -0.970. The Morgan fingerprint density at radius 2 is 2.00 bits per heavy atom. The van der Waals surface area contributed by atoms with Crippen LogP contribution in [0.25, 0.3) is 0 Å². The highest BCUT2D eigenvalue weighted by Gasteiger charge is 2.29. The lowest BCUT2D eigenvalue weighted by atomic mass is 9.92. The molecule has 0 radical (unpaired) electrons. The van der Waals surface area contributed by atoms with Gasteiger partial charge in [0.05, 0.1) is 22.2 Å². The topological polar surface area (TPSA) is 52.6 Å². The molecular formula is C14H18Cl2N2O2. The fraction of sp³-hybridized carbons (Fsp3) is 0.500. The smallest absolute Gasteiger partial charge is 0.321 e. The maximum Gasteiger partial charge on any atom is 0.321 e. The van der Waals surface area contributed by atoms with Crippen molar-refractivity contribution in [1.82, 2.24) is 4.90 Å². The molecule has 1 aromatic rings. The molecule has 20 heavy (non-hydrogen) atoms. The van der Waals surface area contributed by atoms with Crippen molar-refractivity contribution in [2.75, 3.05) is 12.4 Å². The SMILES string of the molecule is CN(C(=O)Nc1ccc(Cl)c(Cl)c1)C1CCCCC1O. The maximum absolute atomic E-state index is 12.2. The number of carbonyl (C=O) groups is 1. The lowest BCUT2D eigenvalue weighted by Gasteiger charge is -2.35. The standard InChI is InChI=1S/C14H18Cl2N2O2/c1-18(12-4-2-3-5-13(12)19)14(20)17-9-6-7-10(15)11(16)8-9/h6-8,12-13,19H,2-5H2,1H3,(H,17,20). The van der Waals surface area contributed by atoms with E-state index in [1.54, 1.807) is 30.1 Å². The van der Waals surface area contributed by atoms with Gasteiger partial charge in [0.25, 0.3) is 0 Å². The molecular weight excluding hydrogens is 299 g/mol. The number of hydrogen-bond acceptors (Lipinski definition) is 2. The van der Waals surface area contributed by atoms with Crippen molar-refractivity contribution in [2.45, 2.75) is 37.8 Å². The Balaban J connectivity index is 2.01.